The minimum Gasteiger partial charge on any atom is -0.493 e. The summed E-state index contributed by atoms with van der Waals surface area (Å²) < 4.78 is 16.3. The predicted molar refractivity (Wildman–Crippen MR) is 103 cm³/mol. The summed E-state index contributed by atoms with van der Waals surface area (Å²) in [7, 11) is 4.85. The Morgan fingerprint density at radius 1 is 1.15 bits per heavy atom. The van der Waals surface area contributed by atoms with Gasteiger partial charge in [0.15, 0.2) is 11.5 Å². The van der Waals surface area contributed by atoms with Gasteiger partial charge in [-0.2, -0.15) is 0 Å². The number of H-pyrrole nitrogens is 1. The van der Waals surface area contributed by atoms with Crippen LogP contribution in [0.3, 0.4) is 0 Å². The highest BCUT2D eigenvalue weighted by Gasteiger charge is 2.24. The van der Waals surface area contributed by atoms with E-state index in [-0.39, 0.29) is 11.5 Å². The van der Waals surface area contributed by atoms with Crippen molar-refractivity contribution in [2.75, 3.05) is 34.4 Å². The molecule has 1 aliphatic heterocycles. The van der Waals surface area contributed by atoms with E-state index in [0.717, 1.165) is 49.6 Å². The summed E-state index contributed by atoms with van der Waals surface area (Å²) in [6, 6.07) is 5.50. The van der Waals surface area contributed by atoms with Crippen molar-refractivity contribution in [2.24, 2.45) is 0 Å². The molecule has 1 N–H and O–H groups in total. The van der Waals surface area contributed by atoms with Crippen LogP contribution in [0.25, 0.3) is 0 Å². The van der Waals surface area contributed by atoms with E-state index in [4.69, 9.17) is 14.2 Å². The molecule has 2 heterocycles. The van der Waals surface area contributed by atoms with E-state index in [1.165, 1.54) is 6.07 Å². The second-order valence-electron chi connectivity index (χ2n) is 6.88. The van der Waals surface area contributed by atoms with Crippen LogP contribution in [0.15, 0.2) is 23.0 Å². The van der Waals surface area contributed by atoms with Gasteiger partial charge in [-0.25, -0.2) is 4.98 Å². The van der Waals surface area contributed by atoms with Crippen LogP contribution in [0.5, 0.6) is 17.2 Å². The van der Waals surface area contributed by atoms with Crippen molar-refractivity contribution < 1.29 is 14.2 Å². The Kier molecular flexibility index (Phi) is 6.01. The molecule has 0 radical (unpaired) electrons. The minimum atomic E-state index is -0.0840. The first kappa shape index (κ1) is 19.2. The van der Waals surface area contributed by atoms with Crippen molar-refractivity contribution in [3.63, 3.8) is 0 Å². The van der Waals surface area contributed by atoms with Crippen molar-refractivity contribution in [2.45, 2.75) is 32.2 Å². The quantitative estimate of drug-likeness (QED) is 0.838. The second kappa shape index (κ2) is 8.43. The number of rotatable bonds is 6. The highest BCUT2D eigenvalue weighted by Crippen LogP contribution is 2.38. The zero-order valence-electron chi connectivity index (χ0n) is 16.4. The van der Waals surface area contributed by atoms with Crippen LogP contribution in [-0.2, 0) is 6.54 Å². The topological polar surface area (TPSA) is 76.7 Å². The smallest absolute Gasteiger partial charge is 0.251 e. The Hall–Kier alpha value is -2.54. The Labute approximate surface area is 159 Å². The molecule has 2 aromatic rings. The third-order valence-electron chi connectivity index (χ3n) is 4.91. The number of nitrogens with zero attached hydrogens (tertiary/aromatic N) is 2. The first-order chi connectivity index (χ1) is 13.0. The van der Waals surface area contributed by atoms with Crippen LogP contribution in [-0.4, -0.2) is 49.3 Å². The van der Waals surface area contributed by atoms with Gasteiger partial charge >= 0.3 is 0 Å². The molecular formula is C20H27N3O4. The van der Waals surface area contributed by atoms with Gasteiger partial charge in [-0.1, -0.05) is 0 Å². The number of hydrogen-bond donors (Lipinski definition) is 1. The third-order valence-corrected chi connectivity index (χ3v) is 4.91. The number of aromatic nitrogens is 2. The molecule has 3 rings (SSSR count). The molecule has 27 heavy (non-hydrogen) atoms. The van der Waals surface area contributed by atoms with Gasteiger partial charge in [-0.3, -0.25) is 9.69 Å². The van der Waals surface area contributed by atoms with Gasteiger partial charge in [0.1, 0.15) is 5.82 Å². The number of nitrogens with one attached hydrogen (secondary N) is 1. The molecule has 0 spiro atoms. The maximum atomic E-state index is 11.8. The van der Waals surface area contributed by atoms with E-state index in [1.54, 1.807) is 21.3 Å². The van der Waals surface area contributed by atoms with E-state index in [2.05, 4.69) is 14.9 Å². The summed E-state index contributed by atoms with van der Waals surface area (Å²) in [5.41, 5.74) is 1.77. The molecule has 1 atom stereocenters. The molecule has 1 fully saturated rings. The SMILES string of the molecule is COc1cc(CN2CCC[C@@H](c3nc(C)cc(=O)[nH]3)C2)cc(OC)c1OC. The first-order valence-electron chi connectivity index (χ1n) is 9.13. The lowest BCUT2D eigenvalue weighted by Gasteiger charge is -2.32. The molecule has 0 aliphatic carbocycles. The van der Waals surface area contributed by atoms with Gasteiger partial charge in [-0.15, -0.1) is 0 Å². The number of aromatic amines is 1. The summed E-state index contributed by atoms with van der Waals surface area (Å²) in [4.78, 5) is 21.6. The molecule has 0 unspecified atom stereocenters. The highest BCUT2D eigenvalue weighted by atomic mass is 16.5. The van der Waals surface area contributed by atoms with Gasteiger partial charge in [-0.05, 0) is 44.0 Å². The molecule has 0 amide bonds. The molecule has 1 aromatic carbocycles. The zero-order valence-corrected chi connectivity index (χ0v) is 16.4. The zero-order chi connectivity index (χ0) is 19.4. The molecule has 0 bridgehead atoms. The van der Waals surface area contributed by atoms with Crippen LogP contribution in [0.1, 0.15) is 35.8 Å². The largest absolute Gasteiger partial charge is 0.493 e. The number of methoxy groups -OCH3 is 3. The number of benzene rings is 1. The maximum absolute atomic E-state index is 11.8. The van der Waals surface area contributed by atoms with Crippen molar-refractivity contribution in [1.82, 2.24) is 14.9 Å². The average Bonchev–Trinajstić information content (AvgIpc) is 2.66. The lowest BCUT2D eigenvalue weighted by atomic mass is 9.96. The summed E-state index contributed by atoms with van der Waals surface area (Å²) in [5.74, 6) is 2.93. The number of piperidine rings is 1. The molecular weight excluding hydrogens is 346 g/mol. The monoisotopic (exact) mass is 373 g/mol. The van der Waals surface area contributed by atoms with E-state index in [9.17, 15) is 4.79 Å². The van der Waals surface area contributed by atoms with Gasteiger partial charge in [0.25, 0.3) is 5.56 Å². The number of ether oxygens (including phenoxy) is 3. The molecule has 146 valence electrons. The van der Waals surface area contributed by atoms with Crippen LogP contribution in [0.2, 0.25) is 0 Å². The third kappa shape index (κ3) is 4.42. The van der Waals surface area contributed by atoms with E-state index < -0.39 is 0 Å². The fourth-order valence-electron chi connectivity index (χ4n) is 3.70. The number of likely N-dealkylation sites (tertiary alicyclic amines) is 1. The average molecular weight is 373 g/mol. The van der Waals surface area contributed by atoms with Crippen molar-refractivity contribution >= 4 is 0 Å². The van der Waals surface area contributed by atoms with Crippen LogP contribution >= 0.6 is 0 Å². The first-order valence-corrected chi connectivity index (χ1v) is 9.13. The van der Waals surface area contributed by atoms with Crippen LogP contribution in [0, 0.1) is 6.92 Å². The number of aryl methyl sites for hydroxylation is 1. The molecule has 1 aromatic heterocycles. The van der Waals surface area contributed by atoms with Crippen molar-refractivity contribution in [3.05, 3.63) is 45.6 Å². The van der Waals surface area contributed by atoms with Gasteiger partial charge in [0.2, 0.25) is 5.75 Å². The number of hydrogen-bond acceptors (Lipinski definition) is 6. The Balaban J connectivity index is 1.78. The van der Waals surface area contributed by atoms with Gasteiger partial charge < -0.3 is 19.2 Å². The fourth-order valence-corrected chi connectivity index (χ4v) is 3.70. The highest BCUT2D eigenvalue weighted by molar-refractivity contribution is 5.53. The molecule has 1 saturated heterocycles. The van der Waals surface area contributed by atoms with E-state index >= 15 is 0 Å². The lowest BCUT2D eigenvalue weighted by molar-refractivity contribution is 0.196. The van der Waals surface area contributed by atoms with E-state index in [0.29, 0.717) is 17.2 Å². The lowest BCUT2D eigenvalue weighted by Crippen LogP contribution is -2.35. The Morgan fingerprint density at radius 2 is 1.85 bits per heavy atom. The Bertz CT molecular complexity index is 824. The minimum absolute atomic E-state index is 0.0840. The standard InChI is InChI=1S/C20H27N3O4/c1-13-8-18(24)22-20(21-13)15-6-5-7-23(12-15)11-14-9-16(25-2)19(27-4)17(10-14)26-3/h8-10,15H,5-7,11-12H2,1-4H3,(H,21,22,24)/t15-/m1/s1. The van der Waals surface area contributed by atoms with Gasteiger partial charge in [0.05, 0.1) is 21.3 Å². The second-order valence-corrected chi connectivity index (χ2v) is 6.88. The Morgan fingerprint density at radius 3 is 2.44 bits per heavy atom. The maximum Gasteiger partial charge on any atom is 0.251 e. The van der Waals surface area contributed by atoms with E-state index in [1.807, 2.05) is 19.1 Å². The van der Waals surface area contributed by atoms with Gasteiger partial charge in [0, 0.05) is 30.8 Å². The molecule has 7 nitrogen and oxygen atoms in total. The van der Waals surface area contributed by atoms with Crippen molar-refractivity contribution in [1.29, 1.82) is 0 Å². The normalized spacial score (nSPS) is 17.6. The molecule has 1 aliphatic rings. The fraction of sp³-hybridized carbons (Fsp3) is 0.500. The summed E-state index contributed by atoms with van der Waals surface area (Å²) >= 11 is 0. The van der Waals surface area contributed by atoms with Crippen LogP contribution < -0.4 is 19.8 Å². The molecule has 7 heteroatoms. The summed E-state index contributed by atoms with van der Waals surface area (Å²) in [6.07, 6.45) is 2.09. The summed E-state index contributed by atoms with van der Waals surface area (Å²) in [5, 5.41) is 0. The molecule has 0 saturated carbocycles. The van der Waals surface area contributed by atoms with Crippen molar-refractivity contribution in [3.8, 4) is 17.2 Å². The summed E-state index contributed by atoms with van der Waals surface area (Å²) in [6.45, 7) is 4.48. The predicted octanol–water partition coefficient (Wildman–Crippen LogP) is 2.48. The van der Waals surface area contributed by atoms with Crippen LogP contribution in [0.4, 0.5) is 0 Å².